The highest BCUT2D eigenvalue weighted by atomic mass is 19.1. The van der Waals surface area contributed by atoms with E-state index in [2.05, 4.69) is 0 Å². The van der Waals surface area contributed by atoms with Crippen LogP contribution in [0.3, 0.4) is 0 Å². The molecule has 0 spiro atoms. The Hall–Kier alpha value is -1.83. The molecule has 1 N–H and O–H groups in total. The minimum absolute atomic E-state index is 0.285. The van der Waals surface area contributed by atoms with Crippen LogP contribution in [0.1, 0.15) is 5.56 Å². The maximum absolute atomic E-state index is 13.1. The van der Waals surface area contributed by atoms with Crippen LogP contribution in [0.15, 0.2) is 42.5 Å². The summed E-state index contributed by atoms with van der Waals surface area (Å²) in [6, 6.07) is 12.1. The van der Waals surface area contributed by atoms with E-state index in [1.807, 2.05) is 31.2 Å². The van der Waals surface area contributed by atoms with Crippen molar-refractivity contribution >= 4 is 0 Å². The summed E-state index contributed by atoms with van der Waals surface area (Å²) in [5.74, 6) is -0.873. The van der Waals surface area contributed by atoms with Crippen molar-refractivity contribution in [3.05, 3.63) is 53.8 Å². The van der Waals surface area contributed by atoms with E-state index in [0.717, 1.165) is 11.1 Å². The minimum Gasteiger partial charge on any atom is -0.504 e. The molecule has 2 rings (SSSR count). The molecule has 0 bridgehead atoms. The van der Waals surface area contributed by atoms with Gasteiger partial charge in [0.15, 0.2) is 11.6 Å². The lowest BCUT2D eigenvalue weighted by molar-refractivity contribution is 0.434. The van der Waals surface area contributed by atoms with Crippen LogP contribution in [0.5, 0.6) is 5.75 Å². The molecule has 2 aromatic rings. The van der Waals surface area contributed by atoms with Crippen molar-refractivity contribution < 1.29 is 9.50 Å². The predicted octanol–water partition coefficient (Wildman–Crippen LogP) is 3.51. The Morgan fingerprint density at radius 3 is 2.33 bits per heavy atom. The normalized spacial score (nSPS) is 10.3. The van der Waals surface area contributed by atoms with Crippen LogP contribution in [-0.2, 0) is 0 Å². The van der Waals surface area contributed by atoms with E-state index in [0.29, 0.717) is 5.56 Å². The fourth-order valence-electron chi connectivity index (χ4n) is 1.61. The zero-order valence-electron chi connectivity index (χ0n) is 8.37. The fraction of sp³-hybridized carbons (Fsp3) is 0.0769. The molecule has 0 atom stereocenters. The van der Waals surface area contributed by atoms with Gasteiger partial charge in [-0.25, -0.2) is 4.39 Å². The van der Waals surface area contributed by atoms with Gasteiger partial charge in [0.25, 0.3) is 0 Å². The third-order valence-corrected chi connectivity index (χ3v) is 2.42. The van der Waals surface area contributed by atoms with Crippen LogP contribution in [0.25, 0.3) is 11.1 Å². The van der Waals surface area contributed by atoms with Crippen molar-refractivity contribution in [3.8, 4) is 16.9 Å². The number of para-hydroxylation sites is 1. The predicted molar refractivity (Wildman–Crippen MR) is 58.2 cm³/mol. The SMILES string of the molecule is Cc1ccccc1-c1cccc(F)c1O. The first-order valence-electron chi connectivity index (χ1n) is 4.73. The first kappa shape index (κ1) is 9.71. The van der Waals surface area contributed by atoms with Crippen LogP contribution in [0, 0.1) is 12.7 Å². The Morgan fingerprint density at radius 1 is 0.933 bits per heavy atom. The third-order valence-electron chi connectivity index (χ3n) is 2.42. The van der Waals surface area contributed by atoms with Crippen LogP contribution < -0.4 is 0 Å². The van der Waals surface area contributed by atoms with Gasteiger partial charge in [0.1, 0.15) is 0 Å². The largest absolute Gasteiger partial charge is 0.504 e. The quantitative estimate of drug-likeness (QED) is 0.750. The number of aryl methyl sites for hydroxylation is 1. The fourth-order valence-corrected chi connectivity index (χ4v) is 1.61. The van der Waals surface area contributed by atoms with Crippen molar-refractivity contribution in [2.75, 3.05) is 0 Å². The molecule has 0 saturated heterocycles. The van der Waals surface area contributed by atoms with Crippen molar-refractivity contribution in [2.45, 2.75) is 6.92 Å². The monoisotopic (exact) mass is 202 g/mol. The second-order valence-corrected chi connectivity index (χ2v) is 3.45. The molecular formula is C13H11FO. The van der Waals surface area contributed by atoms with E-state index >= 15 is 0 Å². The topological polar surface area (TPSA) is 20.2 Å². The standard InChI is InChI=1S/C13H11FO/c1-9-5-2-3-6-10(9)11-7-4-8-12(14)13(11)15/h2-8,15H,1H3. The van der Waals surface area contributed by atoms with Gasteiger partial charge >= 0.3 is 0 Å². The van der Waals surface area contributed by atoms with Gasteiger partial charge in [0.2, 0.25) is 0 Å². The van der Waals surface area contributed by atoms with Crippen molar-refractivity contribution in [1.29, 1.82) is 0 Å². The lowest BCUT2D eigenvalue weighted by Gasteiger charge is -2.07. The van der Waals surface area contributed by atoms with Gasteiger partial charge in [-0.2, -0.15) is 0 Å². The summed E-state index contributed by atoms with van der Waals surface area (Å²) in [5, 5.41) is 9.60. The van der Waals surface area contributed by atoms with E-state index in [1.54, 1.807) is 12.1 Å². The molecule has 0 aliphatic rings. The Labute approximate surface area is 87.8 Å². The molecule has 0 radical (unpaired) electrons. The summed E-state index contributed by atoms with van der Waals surface area (Å²) in [5.41, 5.74) is 2.40. The van der Waals surface area contributed by atoms with Gasteiger partial charge in [0.05, 0.1) is 0 Å². The molecule has 2 heteroatoms. The number of hydrogen-bond acceptors (Lipinski definition) is 1. The molecule has 0 aliphatic heterocycles. The van der Waals surface area contributed by atoms with Crippen LogP contribution in [0.2, 0.25) is 0 Å². The average molecular weight is 202 g/mol. The molecule has 0 amide bonds. The Bertz CT molecular complexity index is 492. The van der Waals surface area contributed by atoms with Crippen molar-refractivity contribution in [1.82, 2.24) is 0 Å². The second-order valence-electron chi connectivity index (χ2n) is 3.45. The maximum atomic E-state index is 13.1. The molecule has 0 unspecified atom stereocenters. The molecule has 0 aromatic heterocycles. The maximum Gasteiger partial charge on any atom is 0.165 e. The van der Waals surface area contributed by atoms with E-state index in [4.69, 9.17) is 0 Å². The Balaban J connectivity index is 2.65. The molecule has 2 aromatic carbocycles. The number of hydrogen-bond donors (Lipinski definition) is 1. The minimum atomic E-state index is -0.587. The Kier molecular flexibility index (Phi) is 2.42. The van der Waals surface area contributed by atoms with Crippen LogP contribution in [-0.4, -0.2) is 5.11 Å². The van der Waals surface area contributed by atoms with E-state index in [-0.39, 0.29) is 5.75 Å². The number of halogens is 1. The summed E-state index contributed by atoms with van der Waals surface area (Å²) in [7, 11) is 0. The second kappa shape index (κ2) is 3.73. The summed E-state index contributed by atoms with van der Waals surface area (Å²) < 4.78 is 13.1. The molecule has 15 heavy (non-hydrogen) atoms. The van der Waals surface area contributed by atoms with E-state index in [9.17, 15) is 9.50 Å². The van der Waals surface area contributed by atoms with Gasteiger partial charge < -0.3 is 5.11 Å². The summed E-state index contributed by atoms with van der Waals surface area (Å²) in [6.07, 6.45) is 0. The molecule has 0 heterocycles. The van der Waals surface area contributed by atoms with E-state index < -0.39 is 5.82 Å². The first-order valence-corrected chi connectivity index (χ1v) is 4.73. The number of rotatable bonds is 1. The number of phenols is 1. The first-order chi connectivity index (χ1) is 7.20. The summed E-state index contributed by atoms with van der Waals surface area (Å²) >= 11 is 0. The lowest BCUT2D eigenvalue weighted by Crippen LogP contribution is -1.85. The molecule has 1 nitrogen and oxygen atoms in total. The lowest BCUT2D eigenvalue weighted by atomic mass is 10.00. The van der Waals surface area contributed by atoms with Crippen molar-refractivity contribution in [3.63, 3.8) is 0 Å². The highest BCUT2D eigenvalue weighted by molar-refractivity contribution is 5.72. The van der Waals surface area contributed by atoms with Gasteiger partial charge in [0, 0.05) is 5.56 Å². The third kappa shape index (κ3) is 1.71. The van der Waals surface area contributed by atoms with Crippen LogP contribution in [0.4, 0.5) is 4.39 Å². The molecular weight excluding hydrogens is 191 g/mol. The molecule has 0 aliphatic carbocycles. The van der Waals surface area contributed by atoms with Crippen LogP contribution >= 0.6 is 0 Å². The average Bonchev–Trinajstić information content (AvgIpc) is 2.23. The van der Waals surface area contributed by atoms with E-state index in [1.165, 1.54) is 6.07 Å². The number of phenolic OH excluding ortho intramolecular Hbond substituents is 1. The highest BCUT2D eigenvalue weighted by Gasteiger charge is 2.09. The van der Waals surface area contributed by atoms with Gasteiger partial charge in [-0.3, -0.25) is 0 Å². The molecule has 76 valence electrons. The van der Waals surface area contributed by atoms with Gasteiger partial charge in [-0.15, -0.1) is 0 Å². The number of aromatic hydroxyl groups is 1. The molecule has 0 fully saturated rings. The van der Waals surface area contributed by atoms with Gasteiger partial charge in [-0.05, 0) is 24.1 Å². The Morgan fingerprint density at radius 2 is 1.60 bits per heavy atom. The number of benzene rings is 2. The summed E-state index contributed by atoms with van der Waals surface area (Å²) in [6.45, 7) is 1.93. The zero-order chi connectivity index (χ0) is 10.8. The smallest absolute Gasteiger partial charge is 0.165 e. The summed E-state index contributed by atoms with van der Waals surface area (Å²) in [4.78, 5) is 0. The highest BCUT2D eigenvalue weighted by Crippen LogP contribution is 2.32. The molecule has 0 saturated carbocycles. The zero-order valence-corrected chi connectivity index (χ0v) is 8.37. The van der Waals surface area contributed by atoms with Gasteiger partial charge in [-0.1, -0.05) is 36.4 Å². The van der Waals surface area contributed by atoms with Crippen molar-refractivity contribution in [2.24, 2.45) is 0 Å².